The van der Waals surface area contributed by atoms with Crippen molar-refractivity contribution in [3.63, 3.8) is 0 Å². The highest BCUT2D eigenvalue weighted by atomic mass is 15.1. The highest BCUT2D eigenvalue weighted by Gasteiger charge is 2.12. The second kappa shape index (κ2) is 7.29. The van der Waals surface area contributed by atoms with Crippen molar-refractivity contribution in [1.29, 1.82) is 0 Å². The smallest absolute Gasteiger partial charge is 0.0366 e. The maximum atomic E-state index is 2.52. The van der Waals surface area contributed by atoms with Crippen LogP contribution in [0.15, 0.2) is 48.5 Å². The fourth-order valence-corrected chi connectivity index (χ4v) is 4.03. The van der Waals surface area contributed by atoms with E-state index in [1.807, 2.05) is 0 Å². The summed E-state index contributed by atoms with van der Waals surface area (Å²) in [5.74, 6) is 0. The van der Waals surface area contributed by atoms with Gasteiger partial charge in [0.2, 0.25) is 0 Å². The maximum absolute atomic E-state index is 2.52. The van der Waals surface area contributed by atoms with E-state index in [4.69, 9.17) is 0 Å². The average Bonchev–Trinajstić information content (AvgIpc) is 2.70. The zero-order valence-electron chi connectivity index (χ0n) is 14.6. The third-order valence-electron chi connectivity index (χ3n) is 5.51. The molecule has 0 radical (unpaired) electrons. The zero-order chi connectivity index (χ0) is 16.2. The summed E-state index contributed by atoms with van der Waals surface area (Å²) in [6, 6.07) is 18.3. The van der Waals surface area contributed by atoms with Crippen LogP contribution in [0.5, 0.6) is 0 Å². The standard InChI is InChI=1S/C22H28N2/c1-3-15-23(16-4-1)21-11-7-19(8-12-21)20-9-13-22(14-10-20)24-17-5-2-6-18-24/h7-14H,1-6,15-18H2. The molecule has 2 heterocycles. The Labute approximate surface area is 146 Å². The number of anilines is 2. The van der Waals surface area contributed by atoms with Crippen molar-refractivity contribution in [3.05, 3.63) is 48.5 Å². The van der Waals surface area contributed by atoms with Crippen molar-refractivity contribution >= 4 is 11.4 Å². The predicted octanol–water partition coefficient (Wildman–Crippen LogP) is 5.33. The Morgan fingerprint density at radius 3 is 1.08 bits per heavy atom. The second-order valence-electron chi connectivity index (χ2n) is 7.19. The largest absolute Gasteiger partial charge is 0.372 e. The molecular weight excluding hydrogens is 292 g/mol. The van der Waals surface area contributed by atoms with Gasteiger partial charge in [-0.15, -0.1) is 0 Å². The molecule has 2 heteroatoms. The SMILES string of the molecule is c1cc(N2CCCCC2)ccc1-c1ccc(N2CCCCC2)cc1. The lowest BCUT2D eigenvalue weighted by atomic mass is 10.0. The van der Waals surface area contributed by atoms with Gasteiger partial charge in [0.05, 0.1) is 0 Å². The zero-order valence-corrected chi connectivity index (χ0v) is 14.6. The fraction of sp³-hybridized carbons (Fsp3) is 0.455. The molecule has 2 aliphatic heterocycles. The normalized spacial score (nSPS) is 18.7. The summed E-state index contributed by atoms with van der Waals surface area (Å²) < 4.78 is 0. The molecule has 0 unspecified atom stereocenters. The van der Waals surface area contributed by atoms with E-state index in [0.717, 1.165) is 0 Å². The van der Waals surface area contributed by atoms with Gasteiger partial charge in [-0.1, -0.05) is 24.3 Å². The van der Waals surface area contributed by atoms with Gasteiger partial charge in [-0.2, -0.15) is 0 Å². The van der Waals surface area contributed by atoms with Crippen LogP contribution in [0.25, 0.3) is 11.1 Å². The Morgan fingerprint density at radius 1 is 0.417 bits per heavy atom. The van der Waals surface area contributed by atoms with Crippen LogP contribution >= 0.6 is 0 Å². The first-order valence-electron chi connectivity index (χ1n) is 9.60. The van der Waals surface area contributed by atoms with E-state index in [0.29, 0.717) is 0 Å². The molecule has 2 aromatic carbocycles. The summed E-state index contributed by atoms with van der Waals surface area (Å²) in [5.41, 5.74) is 5.40. The number of nitrogens with zero attached hydrogens (tertiary/aromatic N) is 2. The molecule has 2 aliphatic rings. The third-order valence-corrected chi connectivity index (χ3v) is 5.51. The van der Waals surface area contributed by atoms with E-state index in [2.05, 4.69) is 58.3 Å². The van der Waals surface area contributed by atoms with Gasteiger partial charge in [-0.05, 0) is 73.9 Å². The van der Waals surface area contributed by atoms with Crippen molar-refractivity contribution in [2.75, 3.05) is 36.0 Å². The topological polar surface area (TPSA) is 6.48 Å². The molecule has 0 atom stereocenters. The molecule has 0 aromatic heterocycles. The Hall–Kier alpha value is -1.96. The van der Waals surface area contributed by atoms with E-state index in [9.17, 15) is 0 Å². The molecule has 2 nitrogen and oxygen atoms in total. The first-order chi connectivity index (χ1) is 11.9. The molecule has 2 saturated heterocycles. The highest BCUT2D eigenvalue weighted by molar-refractivity contribution is 5.68. The minimum absolute atomic E-state index is 1.21. The molecule has 0 bridgehead atoms. The second-order valence-corrected chi connectivity index (χ2v) is 7.19. The first kappa shape index (κ1) is 15.6. The molecular formula is C22H28N2. The third kappa shape index (κ3) is 3.43. The van der Waals surface area contributed by atoms with Gasteiger partial charge in [-0.3, -0.25) is 0 Å². The fourth-order valence-electron chi connectivity index (χ4n) is 4.03. The lowest BCUT2D eigenvalue weighted by Gasteiger charge is -2.29. The quantitative estimate of drug-likeness (QED) is 0.754. The molecule has 0 amide bonds. The molecule has 24 heavy (non-hydrogen) atoms. The van der Waals surface area contributed by atoms with Crippen LogP contribution in [-0.2, 0) is 0 Å². The van der Waals surface area contributed by atoms with Crippen LogP contribution in [0.1, 0.15) is 38.5 Å². The van der Waals surface area contributed by atoms with Crippen molar-refractivity contribution in [1.82, 2.24) is 0 Å². The molecule has 0 aliphatic carbocycles. The lowest BCUT2D eigenvalue weighted by molar-refractivity contribution is 0.578. The summed E-state index contributed by atoms with van der Waals surface area (Å²) in [5, 5.41) is 0. The number of rotatable bonds is 3. The molecule has 0 N–H and O–H groups in total. The number of benzene rings is 2. The van der Waals surface area contributed by atoms with Crippen LogP contribution < -0.4 is 9.80 Å². The van der Waals surface area contributed by atoms with E-state index in [1.54, 1.807) is 0 Å². The Bertz CT molecular complexity index is 573. The van der Waals surface area contributed by atoms with Crippen LogP contribution in [0.3, 0.4) is 0 Å². The van der Waals surface area contributed by atoms with E-state index in [-0.39, 0.29) is 0 Å². The molecule has 0 saturated carbocycles. The van der Waals surface area contributed by atoms with Gasteiger partial charge in [0, 0.05) is 37.6 Å². The summed E-state index contributed by atoms with van der Waals surface area (Å²) in [7, 11) is 0. The first-order valence-corrected chi connectivity index (χ1v) is 9.60. The Kier molecular flexibility index (Phi) is 4.73. The predicted molar refractivity (Wildman–Crippen MR) is 104 cm³/mol. The van der Waals surface area contributed by atoms with Gasteiger partial charge >= 0.3 is 0 Å². The van der Waals surface area contributed by atoms with Crippen molar-refractivity contribution in [2.45, 2.75) is 38.5 Å². The van der Waals surface area contributed by atoms with Crippen LogP contribution in [-0.4, -0.2) is 26.2 Å². The van der Waals surface area contributed by atoms with Crippen LogP contribution in [0.2, 0.25) is 0 Å². The minimum atomic E-state index is 1.21. The van der Waals surface area contributed by atoms with Gasteiger partial charge in [0.1, 0.15) is 0 Å². The molecule has 4 rings (SSSR count). The average molecular weight is 320 g/mol. The minimum Gasteiger partial charge on any atom is -0.372 e. The monoisotopic (exact) mass is 320 g/mol. The molecule has 2 fully saturated rings. The van der Waals surface area contributed by atoms with E-state index in [1.165, 1.54) is 87.2 Å². The lowest BCUT2D eigenvalue weighted by Crippen LogP contribution is -2.29. The van der Waals surface area contributed by atoms with Gasteiger partial charge < -0.3 is 9.80 Å². The maximum Gasteiger partial charge on any atom is 0.0366 e. The summed E-state index contributed by atoms with van der Waals surface area (Å²) in [6.07, 6.45) is 8.11. The van der Waals surface area contributed by atoms with Crippen LogP contribution in [0.4, 0.5) is 11.4 Å². The van der Waals surface area contributed by atoms with E-state index >= 15 is 0 Å². The summed E-state index contributed by atoms with van der Waals surface area (Å²) in [4.78, 5) is 5.04. The number of hydrogen-bond acceptors (Lipinski definition) is 2. The van der Waals surface area contributed by atoms with Gasteiger partial charge in [-0.25, -0.2) is 0 Å². The van der Waals surface area contributed by atoms with Crippen molar-refractivity contribution in [3.8, 4) is 11.1 Å². The molecule has 126 valence electrons. The van der Waals surface area contributed by atoms with Crippen molar-refractivity contribution in [2.24, 2.45) is 0 Å². The summed E-state index contributed by atoms with van der Waals surface area (Å²) in [6.45, 7) is 4.85. The van der Waals surface area contributed by atoms with E-state index < -0.39 is 0 Å². The molecule has 2 aromatic rings. The van der Waals surface area contributed by atoms with Crippen molar-refractivity contribution < 1.29 is 0 Å². The number of piperidine rings is 2. The Balaban J connectivity index is 1.47. The number of hydrogen-bond donors (Lipinski definition) is 0. The van der Waals surface area contributed by atoms with Gasteiger partial charge in [0.25, 0.3) is 0 Å². The highest BCUT2D eigenvalue weighted by Crippen LogP contribution is 2.27. The summed E-state index contributed by atoms with van der Waals surface area (Å²) >= 11 is 0. The molecule has 0 spiro atoms. The van der Waals surface area contributed by atoms with Crippen LogP contribution in [0, 0.1) is 0 Å². The Morgan fingerprint density at radius 2 is 0.750 bits per heavy atom. The van der Waals surface area contributed by atoms with Gasteiger partial charge in [0.15, 0.2) is 0 Å².